The van der Waals surface area contributed by atoms with E-state index in [0.717, 1.165) is 31.2 Å². The van der Waals surface area contributed by atoms with Gasteiger partial charge in [-0.15, -0.1) is 5.10 Å². The topological polar surface area (TPSA) is 86.1 Å². The predicted octanol–water partition coefficient (Wildman–Crippen LogP) is 1.93. The van der Waals surface area contributed by atoms with Crippen molar-refractivity contribution in [3.8, 4) is 0 Å². The molecule has 1 saturated carbocycles. The lowest BCUT2D eigenvalue weighted by Gasteiger charge is -2.22. The summed E-state index contributed by atoms with van der Waals surface area (Å²) in [4.78, 5) is 23.9. The summed E-state index contributed by atoms with van der Waals surface area (Å²) in [6.45, 7) is 0.226. The van der Waals surface area contributed by atoms with Crippen LogP contribution in [0.2, 0.25) is 0 Å². The van der Waals surface area contributed by atoms with Gasteiger partial charge in [-0.2, -0.15) is 0 Å². The van der Waals surface area contributed by atoms with E-state index in [1.807, 2.05) is 30.3 Å². The SMILES string of the molecule is O=C(COC(=O)c1cn(Cc2ccccc2)nn1)NC1CCCCC1. The molecule has 0 atom stereocenters. The van der Waals surface area contributed by atoms with Crippen LogP contribution in [0.25, 0.3) is 0 Å². The third-order valence-electron chi connectivity index (χ3n) is 4.24. The molecule has 1 heterocycles. The van der Waals surface area contributed by atoms with Gasteiger partial charge in [0.2, 0.25) is 0 Å². The first-order valence-electron chi connectivity index (χ1n) is 8.61. The van der Waals surface area contributed by atoms with E-state index >= 15 is 0 Å². The van der Waals surface area contributed by atoms with Crippen LogP contribution in [-0.4, -0.2) is 39.5 Å². The molecule has 1 aromatic heterocycles. The second kappa shape index (κ2) is 8.41. The molecular formula is C18H22N4O3. The lowest BCUT2D eigenvalue weighted by molar-refractivity contribution is -0.125. The van der Waals surface area contributed by atoms with Crippen molar-refractivity contribution in [1.29, 1.82) is 0 Å². The van der Waals surface area contributed by atoms with E-state index in [1.165, 1.54) is 12.6 Å². The van der Waals surface area contributed by atoms with E-state index in [0.29, 0.717) is 6.54 Å². The number of aromatic nitrogens is 3. The summed E-state index contributed by atoms with van der Waals surface area (Å²) in [6, 6.07) is 9.95. The van der Waals surface area contributed by atoms with Gasteiger partial charge in [-0.1, -0.05) is 54.8 Å². The minimum Gasteiger partial charge on any atom is -0.451 e. The average molecular weight is 342 g/mol. The Labute approximate surface area is 146 Å². The first-order chi connectivity index (χ1) is 12.2. The fourth-order valence-corrected chi connectivity index (χ4v) is 2.96. The normalized spacial score (nSPS) is 14.9. The Kier molecular flexibility index (Phi) is 5.77. The molecule has 1 aromatic carbocycles. The molecule has 1 N–H and O–H groups in total. The number of rotatable bonds is 6. The highest BCUT2D eigenvalue weighted by Crippen LogP contribution is 2.17. The zero-order valence-electron chi connectivity index (χ0n) is 14.1. The molecule has 1 amide bonds. The molecule has 0 saturated heterocycles. The Bertz CT molecular complexity index is 708. The first kappa shape index (κ1) is 17.1. The fraction of sp³-hybridized carbons (Fsp3) is 0.444. The maximum Gasteiger partial charge on any atom is 0.361 e. The van der Waals surface area contributed by atoms with E-state index < -0.39 is 5.97 Å². The van der Waals surface area contributed by atoms with Crippen LogP contribution in [0, 0.1) is 0 Å². The monoisotopic (exact) mass is 342 g/mol. The highest BCUT2D eigenvalue weighted by Gasteiger charge is 2.18. The van der Waals surface area contributed by atoms with Crippen LogP contribution < -0.4 is 5.32 Å². The van der Waals surface area contributed by atoms with Crippen molar-refractivity contribution in [2.45, 2.75) is 44.7 Å². The van der Waals surface area contributed by atoms with Crippen LogP contribution in [0.4, 0.5) is 0 Å². The number of nitrogens with zero attached hydrogens (tertiary/aromatic N) is 3. The van der Waals surface area contributed by atoms with Gasteiger partial charge in [0, 0.05) is 6.04 Å². The Morgan fingerprint density at radius 2 is 1.92 bits per heavy atom. The highest BCUT2D eigenvalue weighted by molar-refractivity contribution is 5.89. The van der Waals surface area contributed by atoms with Gasteiger partial charge in [0.15, 0.2) is 12.3 Å². The zero-order valence-corrected chi connectivity index (χ0v) is 14.1. The number of nitrogens with one attached hydrogen (secondary N) is 1. The summed E-state index contributed by atoms with van der Waals surface area (Å²) in [5.74, 6) is -0.907. The Morgan fingerprint density at radius 3 is 2.68 bits per heavy atom. The van der Waals surface area contributed by atoms with E-state index in [2.05, 4.69) is 15.6 Å². The van der Waals surface area contributed by atoms with Crippen molar-refractivity contribution in [2.24, 2.45) is 0 Å². The standard InChI is InChI=1S/C18H22N4O3/c23-17(19-15-9-5-2-6-10-15)13-25-18(24)16-12-22(21-20-16)11-14-7-3-1-4-8-14/h1,3-4,7-8,12,15H,2,5-6,9-11,13H2,(H,19,23). The molecule has 0 bridgehead atoms. The predicted molar refractivity (Wildman–Crippen MR) is 90.9 cm³/mol. The van der Waals surface area contributed by atoms with Crippen LogP contribution in [0.3, 0.4) is 0 Å². The average Bonchev–Trinajstić information content (AvgIpc) is 3.10. The molecule has 1 fully saturated rings. The van der Waals surface area contributed by atoms with E-state index in [4.69, 9.17) is 4.74 Å². The van der Waals surface area contributed by atoms with Crippen molar-refractivity contribution in [1.82, 2.24) is 20.3 Å². The van der Waals surface area contributed by atoms with Crippen molar-refractivity contribution >= 4 is 11.9 Å². The lowest BCUT2D eigenvalue weighted by atomic mass is 9.95. The number of hydrogen-bond donors (Lipinski definition) is 1. The van der Waals surface area contributed by atoms with Crippen LogP contribution in [0.1, 0.15) is 48.2 Å². The van der Waals surface area contributed by atoms with E-state index in [9.17, 15) is 9.59 Å². The molecular weight excluding hydrogens is 320 g/mol. The number of hydrogen-bond acceptors (Lipinski definition) is 5. The van der Waals surface area contributed by atoms with Crippen LogP contribution >= 0.6 is 0 Å². The molecule has 2 aromatic rings. The Morgan fingerprint density at radius 1 is 1.16 bits per heavy atom. The number of ether oxygens (including phenoxy) is 1. The van der Waals surface area contributed by atoms with Gasteiger partial charge in [0.1, 0.15) is 0 Å². The minimum absolute atomic E-state index is 0.0985. The molecule has 7 nitrogen and oxygen atoms in total. The van der Waals surface area contributed by atoms with Gasteiger partial charge < -0.3 is 10.1 Å². The van der Waals surface area contributed by atoms with Crippen molar-refractivity contribution < 1.29 is 14.3 Å². The molecule has 0 aliphatic heterocycles. The lowest BCUT2D eigenvalue weighted by Crippen LogP contribution is -2.38. The molecule has 1 aliphatic carbocycles. The quantitative estimate of drug-likeness (QED) is 0.811. The summed E-state index contributed by atoms with van der Waals surface area (Å²) in [5, 5.41) is 10.6. The number of esters is 1. The molecule has 3 rings (SSSR count). The molecule has 132 valence electrons. The van der Waals surface area contributed by atoms with Crippen LogP contribution in [-0.2, 0) is 16.1 Å². The molecule has 0 spiro atoms. The molecule has 25 heavy (non-hydrogen) atoms. The Balaban J connectivity index is 1.46. The summed E-state index contributed by atoms with van der Waals surface area (Å²) in [5.41, 5.74) is 1.15. The highest BCUT2D eigenvalue weighted by atomic mass is 16.5. The van der Waals surface area contributed by atoms with Gasteiger partial charge in [-0.3, -0.25) is 4.79 Å². The number of benzene rings is 1. The first-order valence-corrected chi connectivity index (χ1v) is 8.61. The molecule has 0 radical (unpaired) electrons. The minimum atomic E-state index is -0.641. The van der Waals surface area contributed by atoms with Gasteiger partial charge >= 0.3 is 5.97 Å². The largest absolute Gasteiger partial charge is 0.451 e. The van der Waals surface area contributed by atoms with E-state index in [-0.39, 0.29) is 24.2 Å². The smallest absolute Gasteiger partial charge is 0.361 e. The summed E-state index contributed by atoms with van der Waals surface area (Å²) >= 11 is 0. The Hall–Kier alpha value is -2.70. The second-order valence-electron chi connectivity index (χ2n) is 6.27. The summed E-state index contributed by atoms with van der Waals surface area (Å²) < 4.78 is 6.59. The van der Waals surface area contributed by atoms with Gasteiger partial charge in [0.25, 0.3) is 5.91 Å². The zero-order chi connectivity index (χ0) is 17.5. The fourth-order valence-electron chi connectivity index (χ4n) is 2.96. The van der Waals surface area contributed by atoms with Gasteiger partial charge in [-0.05, 0) is 18.4 Å². The van der Waals surface area contributed by atoms with Crippen molar-refractivity contribution in [2.75, 3.05) is 6.61 Å². The van der Waals surface area contributed by atoms with Gasteiger partial charge in [0.05, 0.1) is 12.7 Å². The summed E-state index contributed by atoms with van der Waals surface area (Å²) in [6.07, 6.45) is 7.00. The number of carbonyl (C=O) groups is 2. The maximum absolute atomic E-state index is 12.0. The van der Waals surface area contributed by atoms with Crippen LogP contribution in [0.5, 0.6) is 0 Å². The maximum atomic E-state index is 12.0. The molecule has 1 aliphatic rings. The second-order valence-corrected chi connectivity index (χ2v) is 6.27. The van der Waals surface area contributed by atoms with Crippen LogP contribution in [0.15, 0.2) is 36.5 Å². The number of carbonyl (C=O) groups excluding carboxylic acids is 2. The molecule has 7 heteroatoms. The van der Waals surface area contributed by atoms with Crippen molar-refractivity contribution in [3.05, 3.63) is 47.8 Å². The van der Waals surface area contributed by atoms with Crippen molar-refractivity contribution in [3.63, 3.8) is 0 Å². The van der Waals surface area contributed by atoms with Gasteiger partial charge in [-0.25, -0.2) is 9.48 Å². The third-order valence-corrected chi connectivity index (χ3v) is 4.24. The third kappa shape index (κ3) is 5.14. The summed E-state index contributed by atoms with van der Waals surface area (Å²) in [7, 11) is 0. The van der Waals surface area contributed by atoms with E-state index in [1.54, 1.807) is 4.68 Å². The number of amides is 1. The molecule has 0 unspecified atom stereocenters.